The van der Waals surface area contributed by atoms with Crippen LogP contribution in [0, 0.1) is 5.92 Å². The number of hydrogen-bond acceptors (Lipinski definition) is 4. The first kappa shape index (κ1) is 15.0. The fourth-order valence-electron chi connectivity index (χ4n) is 2.33. The largest absolute Gasteiger partial charge is 0.481 e. The number of amides is 4. The molecule has 8 heteroatoms. The molecule has 3 N–H and O–H groups in total. The summed E-state index contributed by atoms with van der Waals surface area (Å²) in [6.07, 6.45) is 3.39. The molecule has 1 fully saturated rings. The minimum atomic E-state index is -1.15. The number of nitrogens with one attached hydrogen (secondary N) is 2. The van der Waals surface area contributed by atoms with Crippen LogP contribution in [-0.4, -0.2) is 51.9 Å². The van der Waals surface area contributed by atoms with Crippen molar-refractivity contribution in [2.75, 3.05) is 6.54 Å². The van der Waals surface area contributed by atoms with Crippen LogP contribution in [0.4, 0.5) is 4.79 Å². The summed E-state index contributed by atoms with van der Waals surface area (Å²) in [5, 5.41) is 13.7. The number of carboxylic acids is 1. The van der Waals surface area contributed by atoms with E-state index in [2.05, 4.69) is 10.6 Å². The van der Waals surface area contributed by atoms with Gasteiger partial charge in [-0.05, 0) is 20.3 Å². The third-order valence-electron chi connectivity index (χ3n) is 3.74. The van der Waals surface area contributed by atoms with Gasteiger partial charge in [0.1, 0.15) is 12.1 Å². The smallest absolute Gasteiger partial charge is 0.319 e. The van der Waals surface area contributed by atoms with E-state index in [4.69, 9.17) is 5.11 Å². The Morgan fingerprint density at radius 1 is 1.38 bits per heavy atom. The Kier molecular flexibility index (Phi) is 3.71. The fourth-order valence-corrected chi connectivity index (χ4v) is 2.33. The van der Waals surface area contributed by atoms with Crippen LogP contribution in [0.2, 0.25) is 0 Å². The highest BCUT2D eigenvalue weighted by Gasteiger charge is 2.44. The van der Waals surface area contributed by atoms with Crippen molar-refractivity contribution in [3.63, 3.8) is 0 Å². The number of hydrogen-bond donors (Lipinski definition) is 3. The van der Waals surface area contributed by atoms with Gasteiger partial charge in [-0.3, -0.25) is 19.7 Å². The number of piperazine rings is 1. The van der Waals surface area contributed by atoms with Gasteiger partial charge in [-0.2, -0.15) is 0 Å². The van der Waals surface area contributed by atoms with E-state index < -0.39 is 41.3 Å². The van der Waals surface area contributed by atoms with E-state index in [0.717, 1.165) is 4.90 Å². The monoisotopic (exact) mass is 295 g/mol. The lowest BCUT2D eigenvalue weighted by molar-refractivity contribution is -0.143. The van der Waals surface area contributed by atoms with Gasteiger partial charge in [-0.25, -0.2) is 4.79 Å². The van der Waals surface area contributed by atoms with E-state index in [1.807, 2.05) is 0 Å². The maximum absolute atomic E-state index is 12.2. The summed E-state index contributed by atoms with van der Waals surface area (Å²) in [6, 6.07) is -0.988. The van der Waals surface area contributed by atoms with Crippen molar-refractivity contribution < 1.29 is 24.3 Å². The van der Waals surface area contributed by atoms with E-state index in [1.165, 1.54) is 6.08 Å². The maximum Gasteiger partial charge on any atom is 0.319 e. The SMILES string of the molecule is CC1(C)C(=O)NC(=O)CN1C(=O)NC1C=CC(C(=O)O)C1. The van der Waals surface area contributed by atoms with Gasteiger partial charge in [0.15, 0.2) is 0 Å². The molecule has 1 aliphatic heterocycles. The number of nitrogens with zero attached hydrogens (tertiary/aromatic N) is 1. The second kappa shape index (κ2) is 5.19. The first-order valence-electron chi connectivity index (χ1n) is 6.55. The van der Waals surface area contributed by atoms with Gasteiger partial charge in [0.25, 0.3) is 5.91 Å². The molecule has 114 valence electrons. The molecular weight excluding hydrogens is 278 g/mol. The summed E-state index contributed by atoms with van der Waals surface area (Å²) in [5.41, 5.74) is -1.15. The van der Waals surface area contributed by atoms with Crippen LogP contribution in [0.15, 0.2) is 12.2 Å². The van der Waals surface area contributed by atoms with Crippen LogP contribution in [0.5, 0.6) is 0 Å². The molecule has 21 heavy (non-hydrogen) atoms. The standard InChI is InChI=1S/C13H17N3O5/c1-13(2)11(20)15-9(17)6-16(13)12(21)14-8-4-3-7(5-8)10(18)19/h3-4,7-8H,5-6H2,1-2H3,(H,14,21)(H,18,19)(H,15,17,20). The fraction of sp³-hybridized carbons (Fsp3) is 0.538. The summed E-state index contributed by atoms with van der Waals surface area (Å²) in [4.78, 5) is 47.4. The molecule has 8 nitrogen and oxygen atoms in total. The second-order valence-electron chi connectivity index (χ2n) is 5.64. The lowest BCUT2D eigenvalue weighted by Gasteiger charge is -2.40. The van der Waals surface area contributed by atoms with Crippen LogP contribution < -0.4 is 10.6 Å². The van der Waals surface area contributed by atoms with Crippen LogP contribution >= 0.6 is 0 Å². The lowest BCUT2D eigenvalue weighted by atomic mass is 9.99. The number of carbonyl (C=O) groups is 4. The summed E-state index contributed by atoms with van der Waals surface area (Å²) in [6.45, 7) is 2.86. The van der Waals surface area contributed by atoms with E-state index >= 15 is 0 Å². The molecule has 1 heterocycles. The van der Waals surface area contributed by atoms with E-state index in [0.29, 0.717) is 0 Å². The van der Waals surface area contributed by atoms with Crippen molar-refractivity contribution in [3.05, 3.63) is 12.2 Å². The van der Waals surface area contributed by atoms with Crippen molar-refractivity contribution in [2.45, 2.75) is 31.8 Å². The summed E-state index contributed by atoms with van der Waals surface area (Å²) in [7, 11) is 0. The average molecular weight is 295 g/mol. The van der Waals surface area contributed by atoms with Gasteiger partial charge < -0.3 is 15.3 Å². The molecule has 0 saturated carbocycles. The van der Waals surface area contributed by atoms with Crippen LogP contribution in [0.1, 0.15) is 20.3 Å². The highest BCUT2D eigenvalue weighted by Crippen LogP contribution is 2.21. The van der Waals surface area contributed by atoms with Gasteiger partial charge in [-0.1, -0.05) is 12.2 Å². The van der Waals surface area contributed by atoms with E-state index in [9.17, 15) is 19.2 Å². The molecule has 2 aliphatic rings. The van der Waals surface area contributed by atoms with Gasteiger partial charge in [0.2, 0.25) is 5.91 Å². The van der Waals surface area contributed by atoms with Gasteiger partial charge in [0, 0.05) is 0 Å². The lowest BCUT2D eigenvalue weighted by Crippen LogP contribution is -2.67. The Bertz CT molecular complexity index is 540. The van der Waals surface area contributed by atoms with Gasteiger partial charge >= 0.3 is 12.0 Å². The third-order valence-corrected chi connectivity index (χ3v) is 3.74. The quantitative estimate of drug-likeness (QED) is 0.467. The average Bonchev–Trinajstić information content (AvgIpc) is 2.82. The van der Waals surface area contributed by atoms with Crippen molar-refractivity contribution in [3.8, 4) is 0 Å². The topological polar surface area (TPSA) is 116 Å². The molecule has 0 bridgehead atoms. The molecular formula is C13H17N3O5. The highest BCUT2D eigenvalue weighted by atomic mass is 16.4. The molecule has 2 rings (SSSR count). The minimum absolute atomic E-state index is 0.219. The Hall–Kier alpha value is -2.38. The normalized spacial score (nSPS) is 27.4. The predicted octanol–water partition coefficient (Wildman–Crippen LogP) is -0.538. The molecule has 0 aromatic heterocycles. The summed E-state index contributed by atoms with van der Waals surface area (Å²) in [5.74, 6) is -2.66. The third kappa shape index (κ3) is 2.88. The Morgan fingerprint density at radius 2 is 2.05 bits per heavy atom. The molecule has 2 atom stereocenters. The minimum Gasteiger partial charge on any atom is -0.481 e. The molecule has 2 unspecified atom stereocenters. The zero-order valence-corrected chi connectivity index (χ0v) is 11.8. The number of aliphatic carboxylic acids is 1. The molecule has 0 radical (unpaired) electrons. The Labute approximate surface area is 121 Å². The Morgan fingerprint density at radius 3 is 2.62 bits per heavy atom. The van der Waals surface area contributed by atoms with Gasteiger partial charge in [-0.15, -0.1) is 0 Å². The molecule has 4 amide bonds. The van der Waals surface area contributed by atoms with Crippen molar-refractivity contribution in [1.82, 2.24) is 15.5 Å². The molecule has 1 saturated heterocycles. The number of urea groups is 1. The van der Waals surface area contributed by atoms with Crippen LogP contribution in [0.3, 0.4) is 0 Å². The number of carboxylic acid groups (broad SMARTS) is 1. The van der Waals surface area contributed by atoms with Crippen molar-refractivity contribution >= 4 is 23.8 Å². The molecule has 0 spiro atoms. The Balaban J connectivity index is 2.03. The summed E-state index contributed by atoms with van der Waals surface area (Å²) < 4.78 is 0. The maximum atomic E-state index is 12.2. The van der Waals surface area contributed by atoms with Crippen LogP contribution in [0.25, 0.3) is 0 Å². The zero-order chi connectivity index (χ0) is 15.8. The van der Waals surface area contributed by atoms with Crippen molar-refractivity contribution in [2.24, 2.45) is 5.92 Å². The predicted molar refractivity (Wildman–Crippen MR) is 71.1 cm³/mol. The van der Waals surface area contributed by atoms with Gasteiger partial charge in [0.05, 0.1) is 12.0 Å². The highest BCUT2D eigenvalue weighted by molar-refractivity contribution is 6.06. The first-order chi connectivity index (χ1) is 9.71. The van der Waals surface area contributed by atoms with Crippen molar-refractivity contribution in [1.29, 1.82) is 0 Å². The zero-order valence-electron chi connectivity index (χ0n) is 11.8. The first-order valence-corrected chi connectivity index (χ1v) is 6.55. The van der Waals surface area contributed by atoms with E-state index in [1.54, 1.807) is 19.9 Å². The molecule has 0 aromatic carbocycles. The van der Waals surface area contributed by atoms with Crippen LogP contribution in [-0.2, 0) is 14.4 Å². The number of rotatable bonds is 2. The molecule has 1 aliphatic carbocycles. The van der Waals surface area contributed by atoms with E-state index in [-0.39, 0.29) is 13.0 Å². The second-order valence-corrected chi connectivity index (χ2v) is 5.64. The number of carbonyl (C=O) groups excluding carboxylic acids is 3. The number of imide groups is 1. The summed E-state index contributed by atoms with van der Waals surface area (Å²) >= 11 is 0. The molecule has 0 aromatic rings.